The van der Waals surface area contributed by atoms with Gasteiger partial charge < -0.3 is 10.5 Å². The molecule has 0 saturated heterocycles. The molecule has 1 heterocycles. The van der Waals surface area contributed by atoms with Gasteiger partial charge in [-0.15, -0.1) is 0 Å². The number of carbonyl (C=O) groups excluding carboxylic acids is 1. The van der Waals surface area contributed by atoms with E-state index in [1.165, 1.54) is 13.2 Å². The van der Waals surface area contributed by atoms with Gasteiger partial charge in [-0.05, 0) is 42.7 Å². The summed E-state index contributed by atoms with van der Waals surface area (Å²) in [4.78, 5) is 16.1. The molecule has 0 amide bonds. The Labute approximate surface area is 163 Å². The molecule has 2 N–H and O–H groups in total. The summed E-state index contributed by atoms with van der Waals surface area (Å²) >= 11 is 0. The quantitative estimate of drug-likeness (QED) is 0.523. The number of nitrogens with two attached hydrogens (primary N) is 1. The summed E-state index contributed by atoms with van der Waals surface area (Å²) in [5.74, 6) is -0.610. The summed E-state index contributed by atoms with van der Waals surface area (Å²) in [6, 6.07) is 14.4. The van der Waals surface area contributed by atoms with Crippen LogP contribution < -0.4 is 5.73 Å². The summed E-state index contributed by atoms with van der Waals surface area (Å²) in [5, 5.41) is -0.671. The Hall–Kier alpha value is -3.13. The lowest BCUT2D eigenvalue weighted by Gasteiger charge is -2.12. The van der Waals surface area contributed by atoms with Crippen LogP contribution in [-0.2, 0) is 19.6 Å². The third kappa shape index (κ3) is 3.50. The Balaban J connectivity index is 2.28. The molecule has 1 aromatic heterocycles. The number of fused-ring (bicyclic) bond motifs is 1. The minimum absolute atomic E-state index is 0.0981. The van der Waals surface area contributed by atoms with Crippen molar-refractivity contribution in [1.29, 1.82) is 0 Å². The molecule has 7 nitrogen and oxygen atoms in total. The molecule has 0 radical (unpaired) electrons. The first-order chi connectivity index (χ1) is 13.3. The Morgan fingerprint density at radius 1 is 1.14 bits per heavy atom. The zero-order chi connectivity index (χ0) is 20.5. The molecule has 0 atom stereocenters. The highest BCUT2D eigenvalue weighted by atomic mass is 32.2. The normalized spacial score (nSPS) is 12.5. The van der Waals surface area contributed by atoms with E-state index in [1.807, 2.05) is 30.3 Å². The SMILES string of the molecule is COC(=O)C=C(c1ccccc1)c1ccc2nc(N)n(S(=O)(=O)C(C)C)c2c1. The second kappa shape index (κ2) is 7.47. The monoisotopic (exact) mass is 399 g/mol. The smallest absolute Gasteiger partial charge is 0.331 e. The zero-order valence-corrected chi connectivity index (χ0v) is 16.6. The summed E-state index contributed by atoms with van der Waals surface area (Å²) in [5.41, 5.74) is 8.74. The first-order valence-electron chi connectivity index (χ1n) is 8.63. The highest BCUT2D eigenvalue weighted by Gasteiger charge is 2.25. The van der Waals surface area contributed by atoms with Crippen LogP contribution in [-0.4, -0.2) is 35.7 Å². The molecule has 0 aliphatic carbocycles. The van der Waals surface area contributed by atoms with Crippen molar-refractivity contribution < 1.29 is 17.9 Å². The van der Waals surface area contributed by atoms with E-state index in [9.17, 15) is 13.2 Å². The van der Waals surface area contributed by atoms with Crippen LogP contribution >= 0.6 is 0 Å². The largest absolute Gasteiger partial charge is 0.466 e. The van der Waals surface area contributed by atoms with Crippen LogP contribution in [0.25, 0.3) is 16.6 Å². The lowest BCUT2D eigenvalue weighted by molar-refractivity contribution is -0.134. The van der Waals surface area contributed by atoms with Gasteiger partial charge in [0, 0.05) is 6.08 Å². The maximum Gasteiger partial charge on any atom is 0.331 e. The van der Waals surface area contributed by atoms with E-state index in [4.69, 9.17) is 10.5 Å². The number of aromatic nitrogens is 2. The van der Waals surface area contributed by atoms with Crippen molar-refractivity contribution in [3.05, 3.63) is 65.7 Å². The molecule has 0 unspecified atom stereocenters. The van der Waals surface area contributed by atoms with Gasteiger partial charge in [-0.2, -0.15) is 0 Å². The van der Waals surface area contributed by atoms with Gasteiger partial charge in [-0.1, -0.05) is 36.4 Å². The summed E-state index contributed by atoms with van der Waals surface area (Å²) in [6.07, 6.45) is 1.37. The number of benzene rings is 2. The van der Waals surface area contributed by atoms with Gasteiger partial charge in [0.25, 0.3) is 0 Å². The number of nitrogens with zero attached hydrogens (tertiary/aromatic N) is 2. The minimum Gasteiger partial charge on any atom is -0.466 e. The van der Waals surface area contributed by atoms with Gasteiger partial charge in [-0.25, -0.2) is 22.2 Å². The molecule has 0 aliphatic heterocycles. The van der Waals surface area contributed by atoms with Crippen LogP contribution in [0.4, 0.5) is 5.95 Å². The van der Waals surface area contributed by atoms with Crippen LogP contribution in [0.3, 0.4) is 0 Å². The maximum absolute atomic E-state index is 12.8. The Bertz CT molecular complexity index is 1160. The molecule has 3 rings (SSSR count). The fraction of sp³-hybridized carbons (Fsp3) is 0.200. The number of imidazole rings is 1. The molecule has 0 saturated carbocycles. The van der Waals surface area contributed by atoms with Crippen LogP contribution in [0.1, 0.15) is 25.0 Å². The number of methoxy groups -OCH3 is 1. The number of esters is 1. The number of hydrogen-bond acceptors (Lipinski definition) is 6. The standard InChI is InChI=1S/C20H21N3O4S/c1-13(2)28(25,26)23-18-11-15(9-10-17(18)22-20(23)21)16(12-19(24)27-3)14-7-5-4-6-8-14/h4-13H,1-3H3,(H2,21,22). The van der Waals surface area contributed by atoms with Gasteiger partial charge >= 0.3 is 5.97 Å². The van der Waals surface area contributed by atoms with E-state index in [0.29, 0.717) is 22.2 Å². The van der Waals surface area contributed by atoms with Crippen LogP contribution in [0.15, 0.2) is 54.6 Å². The summed E-state index contributed by atoms with van der Waals surface area (Å²) < 4.78 is 31.3. The van der Waals surface area contributed by atoms with Crippen LogP contribution in [0.2, 0.25) is 0 Å². The Morgan fingerprint density at radius 3 is 2.43 bits per heavy atom. The van der Waals surface area contributed by atoms with Crippen molar-refractivity contribution in [2.45, 2.75) is 19.1 Å². The second-order valence-corrected chi connectivity index (χ2v) is 8.82. The van der Waals surface area contributed by atoms with Crippen molar-refractivity contribution >= 4 is 38.5 Å². The average Bonchev–Trinajstić information content (AvgIpc) is 3.01. The third-order valence-electron chi connectivity index (χ3n) is 4.35. The highest BCUT2D eigenvalue weighted by Crippen LogP contribution is 2.29. The maximum atomic E-state index is 12.8. The lowest BCUT2D eigenvalue weighted by atomic mass is 9.97. The Kier molecular flexibility index (Phi) is 5.24. The Morgan fingerprint density at radius 2 is 1.82 bits per heavy atom. The first kappa shape index (κ1) is 19.6. The van der Waals surface area contributed by atoms with Gasteiger partial charge in [0.05, 0.1) is 23.4 Å². The molecule has 28 heavy (non-hydrogen) atoms. The van der Waals surface area contributed by atoms with Gasteiger partial charge in [-0.3, -0.25) is 0 Å². The highest BCUT2D eigenvalue weighted by molar-refractivity contribution is 7.90. The van der Waals surface area contributed by atoms with Gasteiger partial charge in [0.1, 0.15) is 0 Å². The van der Waals surface area contributed by atoms with Crippen LogP contribution in [0.5, 0.6) is 0 Å². The predicted octanol–water partition coefficient (Wildman–Crippen LogP) is 2.81. The van der Waals surface area contributed by atoms with Crippen molar-refractivity contribution in [1.82, 2.24) is 8.96 Å². The summed E-state index contributed by atoms with van der Waals surface area (Å²) in [7, 11) is -2.41. The van der Waals surface area contributed by atoms with Gasteiger partial charge in [0.2, 0.25) is 16.0 Å². The molecule has 0 bridgehead atoms. The topological polar surface area (TPSA) is 104 Å². The second-order valence-electron chi connectivity index (χ2n) is 6.48. The fourth-order valence-corrected chi connectivity index (χ4v) is 3.99. The van der Waals surface area contributed by atoms with Gasteiger partial charge in [0.15, 0.2) is 0 Å². The number of rotatable bonds is 5. The molecule has 2 aromatic carbocycles. The van der Waals surface area contributed by atoms with E-state index in [1.54, 1.807) is 32.0 Å². The third-order valence-corrected chi connectivity index (χ3v) is 6.43. The van der Waals surface area contributed by atoms with Crippen molar-refractivity contribution in [3.63, 3.8) is 0 Å². The van der Waals surface area contributed by atoms with Crippen molar-refractivity contribution in [2.24, 2.45) is 0 Å². The molecule has 8 heteroatoms. The molecular weight excluding hydrogens is 378 g/mol. The molecule has 0 aliphatic rings. The average molecular weight is 399 g/mol. The van der Waals surface area contributed by atoms with Crippen LogP contribution in [0, 0.1) is 0 Å². The molecular formula is C20H21N3O4S. The molecule has 3 aromatic rings. The van der Waals surface area contributed by atoms with E-state index >= 15 is 0 Å². The fourth-order valence-electron chi connectivity index (χ4n) is 2.85. The number of nitrogen functional groups attached to an aromatic ring is 1. The van der Waals surface area contributed by atoms with E-state index in [2.05, 4.69) is 4.98 Å². The predicted molar refractivity (Wildman–Crippen MR) is 109 cm³/mol. The minimum atomic E-state index is -3.71. The van der Waals surface area contributed by atoms with E-state index in [0.717, 1.165) is 9.54 Å². The number of carbonyl (C=O) groups is 1. The molecule has 146 valence electrons. The van der Waals surface area contributed by atoms with Crippen molar-refractivity contribution in [3.8, 4) is 0 Å². The lowest BCUT2D eigenvalue weighted by Crippen LogP contribution is -2.23. The zero-order valence-electron chi connectivity index (χ0n) is 15.8. The number of anilines is 1. The number of hydrogen-bond donors (Lipinski definition) is 1. The van der Waals surface area contributed by atoms with Crippen molar-refractivity contribution in [2.75, 3.05) is 12.8 Å². The number of ether oxygens (including phenoxy) is 1. The summed E-state index contributed by atoms with van der Waals surface area (Å²) in [6.45, 7) is 3.16. The molecule has 0 spiro atoms. The van der Waals surface area contributed by atoms with E-state index in [-0.39, 0.29) is 5.95 Å². The first-order valence-corrected chi connectivity index (χ1v) is 10.1. The molecule has 0 fully saturated rings. The van der Waals surface area contributed by atoms with E-state index < -0.39 is 21.2 Å².